The first kappa shape index (κ1) is 27.4. The lowest BCUT2D eigenvalue weighted by Gasteiger charge is -2.15. The second-order valence-electron chi connectivity index (χ2n) is 11.8. The van der Waals surface area contributed by atoms with Crippen molar-refractivity contribution in [2.24, 2.45) is 0 Å². The molecule has 0 aliphatic carbocycles. The van der Waals surface area contributed by atoms with E-state index in [1.807, 2.05) is 23.5 Å². The van der Waals surface area contributed by atoms with Gasteiger partial charge in [-0.25, -0.2) is 9.97 Å². The Morgan fingerprint density at radius 3 is 1.70 bits per heavy atom. The van der Waals surface area contributed by atoms with Crippen molar-refractivity contribution >= 4 is 42.3 Å². The van der Waals surface area contributed by atoms with Crippen LogP contribution < -0.4 is 0 Å². The fourth-order valence-corrected chi connectivity index (χ4v) is 7.79. The Morgan fingerprint density at radius 1 is 0.383 bits per heavy atom. The van der Waals surface area contributed by atoms with Crippen LogP contribution in [0, 0.1) is 0 Å². The smallest absolute Gasteiger partial charge is 0.161 e. The molecule has 2 aromatic heterocycles. The van der Waals surface area contributed by atoms with Crippen LogP contribution in [0.2, 0.25) is 0 Å². The lowest BCUT2D eigenvalue weighted by molar-refractivity contribution is 1.18. The standard InChI is InChI=1S/C44H28N2S/c1-3-13-31(14-4-1)38-28-39(32-15-5-2-6-16-32)46-44(45-38)37-26-27-41-43(36-19-9-10-21-40(36)47-41)42(37)33-24-22-30(23-25-33)35-20-11-17-29-12-7-8-18-34(29)35/h1-28H. The minimum Gasteiger partial charge on any atom is -0.228 e. The Morgan fingerprint density at radius 2 is 0.979 bits per heavy atom. The predicted octanol–water partition coefficient (Wildman–Crippen LogP) is 12.3. The molecule has 9 aromatic rings. The molecule has 2 heterocycles. The van der Waals surface area contributed by atoms with E-state index < -0.39 is 0 Å². The fourth-order valence-electron chi connectivity index (χ4n) is 6.68. The summed E-state index contributed by atoms with van der Waals surface area (Å²) < 4.78 is 2.53. The van der Waals surface area contributed by atoms with E-state index in [0.717, 1.165) is 45.0 Å². The van der Waals surface area contributed by atoms with Gasteiger partial charge in [0.15, 0.2) is 5.82 Å². The van der Waals surface area contributed by atoms with Gasteiger partial charge in [-0.05, 0) is 51.7 Å². The molecule has 0 unspecified atom stereocenters. The molecule has 0 aliphatic rings. The van der Waals surface area contributed by atoms with E-state index in [1.165, 1.54) is 42.1 Å². The fraction of sp³-hybridized carbons (Fsp3) is 0. The molecule has 0 bridgehead atoms. The highest BCUT2D eigenvalue weighted by molar-refractivity contribution is 7.26. The first-order chi connectivity index (χ1) is 23.3. The van der Waals surface area contributed by atoms with Crippen LogP contribution in [0.3, 0.4) is 0 Å². The summed E-state index contributed by atoms with van der Waals surface area (Å²) in [6, 6.07) is 60.2. The zero-order valence-corrected chi connectivity index (χ0v) is 26.3. The molecule has 0 N–H and O–H groups in total. The summed E-state index contributed by atoms with van der Waals surface area (Å²) in [6.07, 6.45) is 0. The second kappa shape index (κ2) is 11.5. The van der Waals surface area contributed by atoms with Crippen molar-refractivity contribution < 1.29 is 0 Å². The third-order valence-electron chi connectivity index (χ3n) is 8.92. The van der Waals surface area contributed by atoms with Crippen molar-refractivity contribution in [1.82, 2.24) is 9.97 Å². The van der Waals surface area contributed by atoms with Gasteiger partial charge in [-0.1, -0.05) is 146 Å². The molecule has 0 aliphatic heterocycles. The minimum absolute atomic E-state index is 0.718. The molecule has 3 heteroatoms. The number of hydrogen-bond acceptors (Lipinski definition) is 3. The molecule has 0 atom stereocenters. The van der Waals surface area contributed by atoms with Crippen molar-refractivity contribution in [1.29, 1.82) is 0 Å². The normalized spacial score (nSPS) is 11.4. The summed E-state index contributed by atoms with van der Waals surface area (Å²) in [5.74, 6) is 0.718. The average Bonchev–Trinajstić information content (AvgIpc) is 3.54. The van der Waals surface area contributed by atoms with Crippen LogP contribution in [0.1, 0.15) is 0 Å². The van der Waals surface area contributed by atoms with Crippen molar-refractivity contribution in [2.75, 3.05) is 0 Å². The third-order valence-corrected chi connectivity index (χ3v) is 10.1. The highest BCUT2D eigenvalue weighted by atomic mass is 32.1. The molecule has 0 amide bonds. The van der Waals surface area contributed by atoms with Crippen molar-refractivity contribution in [2.45, 2.75) is 0 Å². The van der Waals surface area contributed by atoms with Crippen LogP contribution in [-0.4, -0.2) is 9.97 Å². The summed E-state index contributed by atoms with van der Waals surface area (Å²) in [5.41, 5.74) is 9.70. The Balaban J connectivity index is 1.29. The number of aromatic nitrogens is 2. The summed E-state index contributed by atoms with van der Waals surface area (Å²) in [5, 5.41) is 5.01. The van der Waals surface area contributed by atoms with Gasteiger partial charge in [-0.15, -0.1) is 11.3 Å². The van der Waals surface area contributed by atoms with Crippen LogP contribution in [0.4, 0.5) is 0 Å². The van der Waals surface area contributed by atoms with E-state index in [1.54, 1.807) is 0 Å². The van der Waals surface area contributed by atoms with E-state index >= 15 is 0 Å². The lowest BCUT2D eigenvalue weighted by atomic mass is 9.91. The number of thiophene rings is 1. The van der Waals surface area contributed by atoms with Crippen LogP contribution in [0.25, 0.3) is 87.1 Å². The van der Waals surface area contributed by atoms with Gasteiger partial charge in [-0.3, -0.25) is 0 Å². The molecular weight excluding hydrogens is 589 g/mol. The average molecular weight is 617 g/mol. The molecule has 0 fully saturated rings. The quantitative estimate of drug-likeness (QED) is 0.192. The van der Waals surface area contributed by atoms with Gasteiger partial charge in [0.05, 0.1) is 11.4 Å². The lowest BCUT2D eigenvalue weighted by Crippen LogP contribution is -1.98. The topological polar surface area (TPSA) is 25.8 Å². The van der Waals surface area contributed by atoms with Crippen molar-refractivity contribution in [3.8, 4) is 56.2 Å². The first-order valence-electron chi connectivity index (χ1n) is 15.8. The molecule has 0 saturated heterocycles. The molecule has 220 valence electrons. The number of hydrogen-bond donors (Lipinski definition) is 0. The van der Waals surface area contributed by atoms with Gasteiger partial charge < -0.3 is 0 Å². The van der Waals surface area contributed by atoms with Gasteiger partial charge in [0.2, 0.25) is 0 Å². The van der Waals surface area contributed by atoms with Gasteiger partial charge in [0, 0.05) is 42.4 Å². The maximum atomic E-state index is 5.25. The number of rotatable bonds is 5. The molecule has 0 spiro atoms. The molecule has 9 rings (SSSR count). The number of benzene rings is 7. The summed E-state index contributed by atoms with van der Waals surface area (Å²) in [4.78, 5) is 10.5. The minimum atomic E-state index is 0.718. The van der Waals surface area contributed by atoms with Crippen molar-refractivity contribution in [3.05, 3.63) is 170 Å². The molecular formula is C44H28N2S. The SMILES string of the molecule is c1ccc(-c2cc(-c3ccccc3)nc(-c3ccc4sc5ccccc5c4c3-c3ccc(-c4cccc5ccccc45)cc3)n2)cc1. The van der Waals surface area contributed by atoms with Gasteiger partial charge in [0.1, 0.15) is 0 Å². The zero-order valence-electron chi connectivity index (χ0n) is 25.5. The van der Waals surface area contributed by atoms with E-state index in [0.29, 0.717) is 0 Å². The second-order valence-corrected chi connectivity index (χ2v) is 12.8. The van der Waals surface area contributed by atoms with Crippen molar-refractivity contribution in [3.63, 3.8) is 0 Å². The molecule has 47 heavy (non-hydrogen) atoms. The molecule has 2 nitrogen and oxygen atoms in total. The van der Waals surface area contributed by atoms with E-state index in [2.05, 4.69) is 158 Å². The molecule has 0 radical (unpaired) electrons. The van der Waals surface area contributed by atoms with Crippen LogP contribution in [-0.2, 0) is 0 Å². The number of nitrogens with zero attached hydrogens (tertiary/aromatic N) is 2. The highest BCUT2D eigenvalue weighted by Gasteiger charge is 2.20. The molecule has 7 aromatic carbocycles. The highest BCUT2D eigenvalue weighted by Crippen LogP contribution is 2.45. The summed E-state index contributed by atoms with van der Waals surface area (Å²) in [6.45, 7) is 0. The molecule has 0 saturated carbocycles. The maximum Gasteiger partial charge on any atom is 0.161 e. The largest absolute Gasteiger partial charge is 0.228 e. The monoisotopic (exact) mass is 616 g/mol. The van der Waals surface area contributed by atoms with Crippen LogP contribution >= 0.6 is 11.3 Å². The van der Waals surface area contributed by atoms with E-state index in [4.69, 9.17) is 9.97 Å². The summed E-state index contributed by atoms with van der Waals surface area (Å²) >= 11 is 1.84. The zero-order chi connectivity index (χ0) is 31.2. The predicted molar refractivity (Wildman–Crippen MR) is 200 cm³/mol. The summed E-state index contributed by atoms with van der Waals surface area (Å²) in [7, 11) is 0. The van der Waals surface area contributed by atoms with E-state index in [9.17, 15) is 0 Å². The Bertz CT molecular complexity index is 2490. The van der Waals surface area contributed by atoms with Gasteiger partial charge in [-0.2, -0.15) is 0 Å². The van der Waals surface area contributed by atoms with Crippen LogP contribution in [0.15, 0.2) is 170 Å². The third kappa shape index (κ3) is 4.89. The maximum absolute atomic E-state index is 5.25. The Kier molecular flexibility index (Phi) is 6.69. The van der Waals surface area contributed by atoms with Crippen LogP contribution in [0.5, 0.6) is 0 Å². The number of fused-ring (bicyclic) bond motifs is 4. The Labute approximate surface area is 277 Å². The van der Waals surface area contributed by atoms with Gasteiger partial charge in [0.25, 0.3) is 0 Å². The van der Waals surface area contributed by atoms with Gasteiger partial charge >= 0.3 is 0 Å². The van der Waals surface area contributed by atoms with E-state index in [-0.39, 0.29) is 0 Å². The Hall–Kier alpha value is -5.90. The first-order valence-corrected chi connectivity index (χ1v) is 16.6.